The first kappa shape index (κ1) is 8.91. The van der Waals surface area contributed by atoms with Crippen molar-refractivity contribution in [2.75, 3.05) is 0 Å². The Bertz CT molecular complexity index is 566. The van der Waals surface area contributed by atoms with Crippen molar-refractivity contribution in [2.45, 2.75) is 0 Å². The highest BCUT2D eigenvalue weighted by atomic mass is 15.3. The number of nitrogens with zero attached hydrogens (tertiary/aromatic N) is 3. The molecule has 4 nitrogen and oxygen atoms in total. The normalized spacial score (nSPS) is 10.5. The van der Waals surface area contributed by atoms with E-state index in [0.29, 0.717) is 0 Å². The van der Waals surface area contributed by atoms with Crippen LogP contribution < -0.4 is 0 Å². The van der Waals surface area contributed by atoms with Crippen LogP contribution >= 0.6 is 0 Å². The highest BCUT2D eigenvalue weighted by Gasteiger charge is 2.03. The van der Waals surface area contributed by atoms with E-state index >= 15 is 0 Å². The van der Waals surface area contributed by atoms with Gasteiger partial charge in [0.2, 0.25) is 0 Å². The Morgan fingerprint density at radius 3 is 2.75 bits per heavy atom. The Morgan fingerprint density at radius 1 is 1.12 bits per heavy atom. The number of aromatic nitrogens is 4. The molecule has 0 atom stereocenters. The van der Waals surface area contributed by atoms with Gasteiger partial charge in [0.15, 0.2) is 0 Å². The number of rotatable bonds is 2. The lowest BCUT2D eigenvalue weighted by atomic mass is 10.3. The second-order valence-electron chi connectivity index (χ2n) is 3.39. The first-order valence-corrected chi connectivity index (χ1v) is 4.96. The summed E-state index contributed by atoms with van der Waals surface area (Å²) in [6.45, 7) is 0. The predicted octanol–water partition coefficient (Wildman–Crippen LogP) is 2.06. The van der Waals surface area contributed by atoms with E-state index in [4.69, 9.17) is 0 Å². The van der Waals surface area contributed by atoms with Crippen LogP contribution in [0.1, 0.15) is 0 Å². The fraction of sp³-hybridized carbons (Fsp3) is 0. The molecule has 0 bridgehead atoms. The van der Waals surface area contributed by atoms with E-state index in [-0.39, 0.29) is 0 Å². The Morgan fingerprint density at radius 2 is 2.00 bits per heavy atom. The summed E-state index contributed by atoms with van der Waals surface area (Å²) in [5, 5.41) is 11.1. The Balaban J connectivity index is 2.00. The molecule has 77 valence electrons. The number of para-hydroxylation sites is 1. The summed E-state index contributed by atoms with van der Waals surface area (Å²) in [6, 6.07) is 13.7. The van der Waals surface area contributed by atoms with Crippen molar-refractivity contribution in [3.63, 3.8) is 0 Å². The summed E-state index contributed by atoms with van der Waals surface area (Å²) >= 11 is 0. The SMILES string of the molecule is [c]1cc(-c2ccn(-c3ccccc3)n2)[nH]n1. The highest BCUT2D eigenvalue weighted by Crippen LogP contribution is 2.14. The standard InChI is InChI=1S/C12H9N4/c1-2-4-10(5-3-1)16-9-7-12(15-16)11-6-8-13-14-11/h1-7,9H,(H,13,14). The highest BCUT2D eigenvalue weighted by molar-refractivity contribution is 5.52. The van der Waals surface area contributed by atoms with Crippen molar-refractivity contribution >= 4 is 0 Å². The maximum absolute atomic E-state index is 4.45. The third-order valence-corrected chi connectivity index (χ3v) is 2.34. The average molecular weight is 209 g/mol. The average Bonchev–Trinajstić information content (AvgIpc) is 3.01. The molecular weight excluding hydrogens is 200 g/mol. The van der Waals surface area contributed by atoms with E-state index in [1.165, 1.54) is 0 Å². The van der Waals surface area contributed by atoms with Gasteiger partial charge in [-0.15, -0.1) is 0 Å². The van der Waals surface area contributed by atoms with Crippen LogP contribution in [0.4, 0.5) is 0 Å². The minimum atomic E-state index is 0.859. The molecule has 0 unspecified atom stereocenters. The van der Waals surface area contributed by atoms with Crippen molar-refractivity contribution in [1.29, 1.82) is 0 Å². The molecule has 16 heavy (non-hydrogen) atoms. The molecule has 0 aliphatic heterocycles. The fourth-order valence-electron chi connectivity index (χ4n) is 1.54. The molecule has 0 fully saturated rings. The van der Waals surface area contributed by atoms with Gasteiger partial charge in [0.25, 0.3) is 0 Å². The lowest BCUT2D eigenvalue weighted by Crippen LogP contribution is -1.94. The molecule has 0 aliphatic carbocycles. The zero-order valence-corrected chi connectivity index (χ0v) is 8.46. The van der Waals surface area contributed by atoms with E-state index < -0.39 is 0 Å². The predicted molar refractivity (Wildman–Crippen MR) is 60.0 cm³/mol. The van der Waals surface area contributed by atoms with Gasteiger partial charge in [0.1, 0.15) is 11.9 Å². The molecule has 1 radical (unpaired) electrons. The van der Waals surface area contributed by atoms with Gasteiger partial charge < -0.3 is 0 Å². The van der Waals surface area contributed by atoms with Crippen molar-refractivity contribution in [3.8, 4) is 17.1 Å². The van der Waals surface area contributed by atoms with Crippen LogP contribution in [0.2, 0.25) is 0 Å². The van der Waals surface area contributed by atoms with Crippen molar-refractivity contribution in [2.24, 2.45) is 0 Å². The number of hydrogen-bond acceptors (Lipinski definition) is 2. The quantitative estimate of drug-likeness (QED) is 0.702. The first-order chi connectivity index (χ1) is 7.93. The molecule has 2 heterocycles. The molecule has 0 saturated heterocycles. The van der Waals surface area contributed by atoms with Gasteiger partial charge in [0.05, 0.1) is 11.4 Å². The third kappa shape index (κ3) is 1.50. The molecule has 3 rings (SSSR count). The molecule has 1 N–H and O–H groups in total. The largest absolute Gasteiger partial charge is 0.276 e. The molecule has 1 aromatic carbocycles. The topological polar surface area (TPSA) is 46.5 Å². The van der Waals surface area contributed by atoms with Crippen LogP contribution in [0.3, 0.4) is 0 Å². The maximum atomic E-state index is 4.45. The smallest absolute Gasteiger partial charge is 0.113 e. The second kappa shape index (κ2) is 3.66. The number of H-pyrrole nitrogens is 1. The van der Waals surface area contributed by atoms with Crippen molar-refractivity contribution < 1.29 is 0 Å². The minimum absolute atomic E-state index is 0.859. The summed E-state index contributed by atoms with van der Waals surface area (Å²) in [6.07, 6.45) is 4.64. The zero-order valence-electron chi connectivity index (χ0n) is 8.46. The van der Waals surface area contributed by atoms with Gasteiger partial charge in [-0.25, -0.2) is 4.68 Å². The van der Waals surface area contributed by atoms with E-state index in [1.807, 2.05) is 47.3 Å². The fourth-order valence-corrected chi connectivity index (χ4v) is 1.54. The van der Waals surface area contributed by atoms with Crippen molar-refractivity contribution in [3.05, 3.63) is 54.9 Å². The molecule has 4 heteroatoms. The lowest BCUT2D eigenvalue weighted by Gasteiger charge is -1.99. The molecule has 0 aliphatic rings. The molecule has 0 amide bonds. The summed E-state index contributed by atoms with van der Waals surface area (Å²) in [4.78, 5) is 0. The molecule has 2 aromatic heterocycles. The summed E-state index contributed by atoms with van der Waals surface area (Å²) < 4.78 is 1.83. The Kier molecular flexibility index (Phi) is 2.04. The minimum Gasteiger partial charge on any atom is -0.276 e. The summed E-state index contributed by atoms with van der Waals surface area (Å²) in [5.41, 5.74) is 2.77. The molecule has 3 aromatic rings. The van der Waals surface area contributed by atoms with E-state index in [9.17, 15) is 0 Å². The van der Waals surface area contributed by atoms with Crippen LogP contribution in [-0.2, 0) is 0 Å². The van der Waals surface area contributed by atoms with Crippen LogP contribution in [0.25, 0.3) is 17.1 Å². The lowest BCUT2D eigenvalue weighted by molar-refractivity contribution is 0.881. The van der Waals surface area contributed by atoms with Gasteiger partial charge in [-0.1, -0.05) is 18.2 Å². The van der Waals surface area contributed by atoms with Crippen LogP contribution in [0.15, 0.2) is 48.7 Å². The summed E-state index contributed by atoms with van der Waals surface area (Å²) in [7, 11) is 0. The second-order valence-corrected chi connectivity index (χ2v) is 3.39. The number of nitrogens with one attached hydrogen (secondary N) is 1. The van der Waals surface area contributed by atoms with E-state index in [2.05, 4.69) is 21.5 Å². The Hall–Kier alpha value is -2.36. The number of hydrogen-bond donors (Lipinski definition) is 1. The third-order valence-electron chi connectivity index (χ3n) is 2.34. The molecule has 0 spiro atoms. The van der Waals surface area contributed by atoms with Gasteiger partial charge in [-0.05, 0) is 24.3 Å². The maximum Gasteiger partial charge on any atom is 0.113 e. The van der Waals surface area contributed by atoms with Gasteiger partial charge >= 0.3 is 0 Å². The Labute approximate surface area is 92.6 Å². The number of benzene rings is 1. The van der Waals surface area contributed by atoms with Crippen LogP contribution in [-0.4, -0.2) is 20.0 Å². The monoisotopic (exact) mass is 209 g/mol. The van der Waals surface area contributed by atoms with Gasteiger partial charge in [-0.3, -0.25) is 5.10 Å². The van der Waals surface area contributed by atoms with Crippen molar-refractivity contribution in [1.82, 2.24) is 20.0 Å². The van der Waals surface area contributed by atoms with Crippen LogP contribution in [0.5, 0.6) is 0 Å². The van der Waals surface area contributed by atoms with Gasteiger partial charge in [0, 0.05) is 6.20 Å². The van der Waals surface area contributed by atoms with Crippen LogP contribution in [0, 0.1) is 6.20 Å². The molecule has 0 saturated carbocycles. The number of aromatic amines is 1. The first-order valence-electron chi connectivity index (χ1n) is 4.96. The summed E-state index contributed by atoms with van der Waals surface area (Å²) in [5.74, 6) is 0. The van der Waals surface area contributed by atoms with E-state index in [0.717, 1.165) is 17.1 Å². The van der Waals surface area contributed by atoms with Gasteiger partial charge in [-0.2, -0.15) is 10.2 Å². The zero-order chi connectivity index (χ0) is 10.8. The molecular formula is C12H9N4. The van der Waals surface area contributed by atoms with E-state index in [1.54, 1.807) is 6.07 Å².